The molecule has 3 aromatic heterocycles. The molecule has 0 unspecified atom stereocenters. The molecule has 0 aliphatic heterocycles. The summed E-state index contributed by atoms with van der Waals surface area (Å²) in [6.07, 6.45) is 3.43. The van der Waals surface area contributed by atoms with E-state index >= 15 is 0 Å². The van der Waals surface area contributed by atoms with Crippen molar-refractivity contribution in [3.05, 3.63) is 95.0 Å². The summed E-state index contributed by atoms with van der Waals surface area (Å²) in [5.41, 5.74) is 3.19. The number of rotatable bonds is 8. The van der Waals surface area contributed by atoms with Crippen molar-refractivity contribution in [1.29, 1.82) is 0 Å². The zero-order chi connectivity index (χ0) is 24.2. The van der Waals surface area contributed by atoms with Crippen LogP contribution in [0.1, 0.15) is 48.4 Å². The minimum atomic E-state index is -0.715. The summed E-state index contributed by atoms with van der Waals surface area (Å²) in [5, 5.41) is 4.09. The Balaban J connectivity index is 1.42. The van der Waals surface area contributed by atoms with Crippen molar-refractivity contribution >= 4 is 17.7 Å². The van der Waals surface area contributed by atoms with Crippen molar-refractivity contribution in [2.24, 2.45) is 0 Å². The fraction of sp³-hybridized carbons (Fsp3) is 0.200. The first-order chi connectivity index (χ1) is 16.4. The number of esters is 2. The van der Waals surface area contributed by atoms with Gasteiger partial charge in [-0.2, -0.15) is 5.10 Å². The van der Waals surface area contributed by atoms with E-state index in [9.17, 15) is 14.4 Å². The SMILES string of the molecule is COC(=O)c1ccc(-n2c(C)cc(C(=O)COC(=O)c3ccc(Cn4cccn4)o3)c2C)cc1. The molecule has 34 heavy (non-hydrogen) atoms. The number of ketones is 1. The number of methoxy groups -OCH3 is 1. The second-order valence-corrected chi connectivity index (χ2v) is 7.63. The van der Waals surface area contributed by atoms with Gasteiger partial charge in [-0.15, -0.1) is 0 Å². The number of aromatic nitrogens is 3. The molecule has 0 saturated heterocycles. The van der Waals surface area contributed by atoms with Gasteiger partial charge in [-0.25, -0.2) is 9.59 Å². The van der Waals surface area contributed by atoms with E-state index in [-0.39, 0.29) is 11.5 Å². The van der Waals surface area contributed by atoms with Crippen molar-refractivity contribution in [2.75, 3.05) is 13.7 Å². The van der Waals surface area contributed by atoms with Crippen LogP contribution in [0.5, 0.6) is 0 Å². The molecular formula is C25H23N3O6. The predicted octanol–water partition coefficient (Wildman–Crippen LogP) is 3.76. The van der Waals surface area contributed by atoms with Gasteiger partial charge in [0, 0.05) is 35.0 Å². The molecule has 174 valence electrons. The highest BCUT2D eigenvalue weighted by atomic mass is 16.5. The molecule has 0 fully saturated rings. The number of hydrogen-bond acceptors (Lipinski definition) is 7. The standard InChI is InChI=1S/C25H23N3O6/c1-16-13-21(17(2)28(16)19-7-5-18(6-8-19)24(30)32-3)22(29)15-33-25(31)23-10-9-20(34-23)14-27-12-4-11-26-27/h4-13H,14-15H2,1-3H3. The van der Waals surface area contributed by atoms with E-state index in [4.69, 9.17) is 13.9 Å². The van der Waals surface area contributed by atoms with Gasteiger partial charge in [-0.05, 0) is 62.4 Å². The normalized spacial score (nSPS) is 10.8. The molecule has 0 spiro atoms. The van der Waals surface area contributed by atoms with Crippen LogP contribution in [0.25, 0.3) is 5.69 Å². The maximum absolute atomic E-state index is 12.8. The van der Waals surface area contributed by atoms with Crippen LogP contribution in [0.3, 0.4) is 0 Å². The molecule has 0 aliphatic carbocycles. The van der Waals surface area contributed by atoms with Gasteiger partial charge in [0.15, 0.2) is 6.61 Å². The average molecular weight is 461 g/mol. The van der Waals surface area contributed by atoms with E-state index in [1.54, 1.807) is 59.5 Å². The molecule has 4 aromatic rings. The van der Waals surface area contributed by atoms with E-state index in [1.807, 2.05) is 18.4 Å². The number of carbonyl (C=O) groups excluding carboxylic acids is 3. The van der Waals surface area contributed by atoms with Gasteiger partial charge in [0.25, 0.3) is 0 Å². The Morgan fingerprint density at radius 1 is 1.03 bits per heavy atom. The Hall–Kier alpha value is -4.40. The third-order valence-corrected chi connectivity index (χ3v) is 5.35. The Kier molecular flexibility index (Phi) is 6.44. The molecule has 0 saturated carbocycles. The first kappa shape index (κ1) is 22.8. The molecule has 0 amide bonds. The fourth-order valence-electron chi connectivity index (χ4n) is 3.71. The molecule has 0 aliphatic rings. The summed E-state index contributed by atoms with van der Waals surface area (Å²) in [4.78, 5) is 36.8. The van der Waals surface area contributed by atoms with E-state index in [0.717, 1.165) is 11.4 Å². The Morgan fingerprint density at radius 2 is 1.79 bits per heavy atom. The third kappa shape index (κ3) is 4.68. The first-order valence-electron chi connectivity index (χ1n) is 10.5. The van der Waals surface area contributed by atoms with Crippen LogP contribution in [0, 0.1) is 13.8 Å². The summed E-state index contributed by atoms with van der Waals surface area (Å²) in [5.74, 6) is -0.903. The lowest BCUT2D eigenvalue weighted by atomic mass is 10.1. The molecule has 1 aromatic carbocycles. The van der Waals surface area contributed by atoms with E-state index in [1.165, 1.54) is 13.2 Å². The zero-order valence-electron chi connectivity index (χ0n) is 19.0. The van der Waals surface area contributed by atoms with Crippen LogP contribution >= 0.6 is 0 Å². The van der Waals surface area contributed by atoms with Gasteiger partial charge < -0.3 is 18.5 Å². The Labute approximate surface area is 195 Å². The second kappa shape index (κ2) is 9.62. The molecule has 0 bridgehead atoms. The van der Waals surface area contributed by atoms with E-state index in [0.29, 0.717) is 29.1 Å². The fourth-order valence-corrected chi connectivity index (χ4v) is 3.71. The summed E-state index contributed by atoms with van der Waals surface area (Å²) in [6, 6.07) is 13.6. The molecule has 0 N–H and O–H groups in total. The molecule has 0 atom stereocenters. The van der Waals surface area contributed by atoms with Crippen molar-refractivity contribution in [3.63, 3.8) is 0 Å². The van der Waals surface area contributed by atoms with Gasteiger partial charge in [-0.3, -0.25) is 9.48 Å². The quantitative estimate of drug-likeness (QED) is 0.291. The van der Waals surface area contributed by atoms with E-state index in [2.05, 4.69) is 5.10 Å². The lowest BCUT2D eigenvalue weighted by Crippen LogP contribution is -2.14. The number of furan rings is 1. The monoisotopic (exact) mass is 461 g/mol. The predicted molar refractivity (Wildman–Crippen MR) is 121 cm³/mol. The van der Waals surface area contributed by atoms with Crippen molar-refractivity contribution < 1.29 is 28.3 Å². The van der Waals surface area contributed by atoms with Gasteiger partial charge in [0.05, 0.1) is 19.2 Å². The number of nitrogens with zero attached hydrogens (tertiary/aromatic N) is 3. The zero-order valence-corrected chi connectivity index (χ0v) is 19.0. The summed E-state index contributed by atoms with van der Waals surface area (Å²) in [6.45, 7) is 3.64. The number of Topliss-reactive ketones (excluding diaryl/α,β-unsaturated/α-hetero) is 1. The molecular weight excluding hydrogens is 438 g/mol. The molecule has 9 nitrogen and oxygen atoms in total. The highest BCUT2D eigenvalue weighted by molar-refractivity contribution is 6.00. The lowest BCUT2D eigenvalue weighted by Gasteiger charge is -2.10. The van der Waals surface area contributed by atoms with Crippen LogP contribution < -0.4 is 0 Å². The largest absolute Gasteiger partial charge is 0.465 e. The van der Waals surface area contributed by atoms with Crippen LogP contribution in [0.15, 0.2) is 65.3 Å². The number of benzene rings is 1. The molecule has 3 heterocycles. The van der Waals surface area contributed by atoms with Gasteiger partial charge >= 0.3 is 11.9 Å². The van der Waals surface area contributed by atoms with E-state index < -0.39 is 18.5 Å². The summed E-state index contributed by atoms with van der Waals surface area (Å²) >= 11 is 0. The number of carbonyl (C=O) groups is 3. The minimum Gasteiger partial charge on any atom is -0.465 e. The first-order valence-corrected chi connectivity index (χ1v) is 10.5. The maximum atomic E-state index is 12.8. The van der Waals surface area contributed by atoms with Crippen LogP contribution in [0.4, 0.5) is 0 Å². The topological polar surface area (TPSA) is 106 Å². The molecule has 9 heteroatoms. The van der Waals surface area contributed by atoms with Gasteiger partial charge in [0.2, 0.25) is 11.5 Å². The third-order valence-electron chi connectivity index (χ3n) is 5.35. The van der Waals surface area contributed by atoms with Gasteiger partial charge in [-0.1, -0.05) is 0 Å². The average Bonchev–Trinajstić information content (AvgIpc) is 3.58. The lowest BCUT2D eigenvalue weighted by molar-refractivity contribution is 0.0441. The highest BCUT2D eigenvalue weighted by Gasteiger charge is 2.20. The Bertz CT molecular complexity index is 1330. The van der Waals surface area contributed by atoms with Crippen molar-refractivity contribution in [2.45, 2.75) is 20.4 Å². The summed E-state index contributed by atoms with van der Waals surface area (Å²) < 4.78 is 19.0. The van der Waals surface area contributed by atoms with Crippen LogP contribution in [0.2, 0.25) is 0 Å². The van der Waals surface area contributed by atoms with Crippen molar-refractivity contribution in [3.8, 4) is 5.69 Å². The van der Waals surface area contributed by atoms with Gasteiger partial charge in [0.1, 0.15) is 5.76 Å². The van der Waals surface area contributed by atoms with Crippen LogP contribution in [-0.4, -0.2) is 45.8 Å². The number of hydrogen-bond donors (Lipinski definition) is 0. The summed E-state index contributed by atoms with van der Waals surface area (Å²) in [7, 11) is 1.33. The second-order valence-electron chi connectivity index (χ2n) is 7.63. The van der Waals surface area contributed by atoms with Crippen molar-refractivity contribution in [1.82, 2.24) is 14.3 Å². The maximum Gasteiger partial charge on any atom is 0.374 e. The van der Waals surface area contributed by atoms with Crippen LogP contribution in [-0.2, 0) is 16.0 Å². The highest BCUT2D eigenvalue weighted by Crippen LogP contribution is 2.22. The smallest absolute Gasteiger partial charge is 0.374 e. The Morgan fingerprint density at radius 3 is 2.47 bits per heavy atom. The minimum absolute atomic E-state index is 0.0196. The number of ether oxygens (including phenoxy) is 2. The number of aryl methyl sites for hydroxylation is 1. The molecule has 4 rings (SSSR count). The molecule has 0 radical (unpaired) electrons.